The molecule has 4 rings (SSSR count). The van der Waals surface area contributed by atoms with Crippen molar-refractivity contribution >= 4 is 26.6 Å². The molecule has 0 saturated heterocycles. The number of aromatic nitrogens is 3. The number of hydrogen-bond donors (Lipinski definition) is 2. The number of anilines is 1. The van der Waals surface area contributed by atoms with Gasteiger partial charge in [-0.1, -0.05) is 6.07 Å². The van der Waals surface area contributed by atoms with Crippen molar-refractivity contribution < 1.29 is 13.2 Å². The van der Waals surface area contributed by atoms with E-state index in [1.54, 1.807) is 31.4 Å². The van der Waals surface area contributed by atoms with Crippen LogP contribution in [0.1, 0.15) is 16.7 Å². The first-order valence-corrected chi connectivity index (χ1v) is 11.4. The number of rotatable bonds is 7. The van der Waals surface area contributed by atoms with Crippen LogP contribution in [0.5, 0.6) is 5.75 Å². The number of fused-ring (bicyclic) bond motifs is 1. The van der Waals surface area contributed by atoms with E-state index < -0.39 is 9.84 Å². The van der Waals surface area contributed by atoms with Gasteiger partial charge in [0.15, 0.2) is 5.03 Å². The maximum atomic E-state index is 12.8. The number of methoxy groups -OCH3 is 1. The van der Waals surface area contributed by atoms with E-state index in [4.69, 9.17) is 4.74 Å². The van der Waals surface area contributed by atoms with E-state index in [1.165, 1.54) is 6.07 Å². The van der Waals surface area contributed by atoms with E-state index in [1.807, 2.05) is 38.2 Å². The molecule has 31 heavy (non-hydrogen) atoms. The molecule has 0 bridgehead atoms. The third-order valence-electron chi connectivity index (χ3n) is 5.38. The van der Waals surface area contributed by atoms with Crippen molar-refractivity contribution in [3.05, 3.63) is 71.4 Å². The molecule has 2 N–H and O–H groups in total. The molecule has 0 spiro atoms. The molecule has 0 aliphatic rings. The van der Waals surface area contributed by atoms with E-state index in [0.29, 0.717) is 12.4 Å². The van der Waals surface area contributed by atoms with Gasteiger partial charge in [0.05, 0.1) is 12.0 Å². The largest absolute Gasteiger partial charge is 0.497 e. The lowest BCUT2D eigenvalue weighted by Gasteiger charge is -2.08. The molecule has 0 unspecified atom stereocenters. The van der Waals surface area contributed by atoms with Gasteiger partial charge >= 0.3 is 0 Å². The van der Waals surface area contributed by atoms with Crippen LogP contribution in [0.15, 0.2) is 64.6 Å². The molecule has 160 valence electrons. The van der Waals surface area contributed by atoms with Crippen molar-refractivity contribution in [1.82, 2.24) is 15.2 Å². The van der Waals surface area contributed by atoms with Gasteiger partial charge in [0.25, 0.3) is 0 Å². The first-order valence-electron chi connectivity index (χ1n) is 9.92. The van der Waals surface area contributed by atoms with E-state index in [0.717, 1.165) is 39.8 Å². The van der Waals surface area contributed by atoms with Crippen LogP contribution in [0.2, 0.25) is 0 Å². The van der Waals surface area contributed by atoms with Crippen molar-refractivity contribution in [1.29, 1.82) is 0 Å². The molecule has 0 radical (unpaired) electrons. The van der Waals surface area contributed by atoms with Crippen LogP contribution in [0, 0.1) is 13.8 Å². The molecule has 0 atom stereocenters. The fourth-order valence-corrected chi connectivity index (χ4v) is 4.59. The Hall–Kier alpha value is -3.39. The second kappa shape index (κ2) is 8.39. The van der Waals surface area contributed by atoms with Gasteiger partial charge in [0.1, 0.15) is 11.6 Å². The number of hydrogen-bond acceptors (Lipinski definition) is 6. The summed E-state index contributed by atoms with van der Waals surface area (Å²) < 4.78 is 30.9. The Kier molecular flexibility index (Phi) is 5.65. The zero-order valence-electron chi connectivity index (χ0n) is 17.6. The molecule has 0 amide bonds. The van der Waals surface area contributed by atoms with Crippen molar-refractivity contribution in [2.75, 3.05) is 19.0 Å². The molecule has 2 heterocycles. The van der Waals surface area contributed by atoms with Gasteiger partial charge in [-0.2, -0.15) is 0 Å². The Morgan fingerprint density at radius 1 is 1.00 bits per heavy atom. The molecule has 0 saturated carbocycles. The maximum absolute atomic E-state index is 12.8. The van der Waals surface area contributed by atoms with Gasteiger partial charge in [0, 0.05) is 23.6 Å². The first kappa shape index (κ1) is 20.9. The minimum atomic E-state index is -3.70. The summed E-state index contributed by atoms with van der Waals surface area (Å²) in [5.74, 6) is 1.34. The highest BCUT2D eigenvalue weighted by Crippen LogP contribution is 2.24. The number of aryl methyl sites for hydroxylation is 2. The fraction of sp³-hybridized carbons (Fsp3) is 0.217. The van der Waals surface area contributed by atoms with E-state index in [-0.39, 0.29) is 9.92 Å². The number of H-pyrrole nitrogens is 1. The molecular weight excluding hydrogens is 412 g/mol. The Balaban J connectivity index is 1.44. The molecule has 7 nitrogen and oxygen atoms in total. The zero-order valence-corrected chi connectivity index (χ0v) is 18.5. The Labute approximate surface area is 181 Å². The summed E-state index contributed by atoms with van der Waals surface area (Å²) in [5, 5.41) is 12.2. The summed E-state index contributed by atoms with van der Waals surface area (Å²) in [6, 6.07) is 14.1. The average Bonchev–Trinajstić information content (AvgIpc) is 3.18. The minimum Gasteiger partial charge on any atom is -0.497 e. The lowest BCUT2D eigenvalue weighted by atomic mass is 10.1. The summed E-state index contributed by atoms with van der Waals surface area (Å²) in [7, 11) is -2.05. The maximum Gasteiger partial charge on any atom is 0.225 e. The molecule has 4 aromatic rings. The van der Waals surface area contributed by atoms with E-state index in [2.05, 4.69) is 20.5 Å². The number of aromatic amines is 1. The quantitative estimate of drug-likeness (QED) is 0.453. The summed E-state index contributed by atoms with van der Waals surface area (Å²) in [5.41, 5.74) is 4.17. The van der Waals surface area contributed by atoms with Crippen LogP contribution in [-0.4, -0.2) is 37.3 Å². The van der Waals surface area contributed by atoms with Crippen LogP contribution in [0.3, 0.4) is 0 Å². The van der Waals surface area contributed by atoms with Gasteiger partial charge in [-0.25, -0.2) is 8.42 Å². The minimum absolute atomic E-state index is 0.0648. The third kappa shape index (κ3) is 4.25. The zero-order chi connectivity index (χ0) is 22.0. The summed E-state index contributed by atoms with van der Waals surface area (Å²) in [6.07, 6.45) is 2.74. The Bertz CT molecular complexity index is 1330. The topological polar surface area (TPSA) is 97.0 Å². The number of nitrogens with one attached hydrogen (secondary N) is 2. The summed E-state index contributed by atoms with van der Waals surface area (Å²) in [4.78, 5) is 3.48. The molecule has 2 aromatic carbocycles. The molecular formula is C23H24N4O3S. The highest BCUT2D eigenvalue weighted by atomic mass is 32.2. The number of sulfone groups is 1. The van der Waals surface area contributed by atoms with Crippen LogP contribution < -0.4 is 10.1 Å². The molecule has 0 aliphatic carbocycles. The lowest BCUT2D eigenvalue weighted by molar-refractivity contribution is 0.415. The predicted octanol–water partition coefficient (Wildman–Crippen LogP) is 4.07. The number of nitrogens with zero attached hydrogens (tertiary/aromatic N) is 2. The standard InChI is InChI=1S/C23H24N4O3S/c1-15-4-6-19(12-16(15)2)31(28,29)23-9-8-22(26-27-23)24-11-10-17-14-25-21-7-5-18(30-3)13-20(17)21/h4-9,12-14,25H,10-11H2,1-3H3,(H,24,26). The van der Waals surface area contributed by atoms with Crippen molar-refractivity contribution in [2.24, 2.45) is 0 Å². The third-order valence-corrected chi connectivity index (χ3v) is 7.02. The lowest BCUT2D eigenvalue weighted by Crippen LogP contribution is -2.10. The average molecular weight is 437 g/mol. The first-order chi connectivity index (χ1) is 14.9. The van der Waals surface area contributed by atoms with Crippen LogP contribution in [0.4, 0.5) is 5.82 Å². The molecule has 2 aromatic heterocycles. The van der Waals surface area contributed by atoms with Crippen molar-refractivity contribution in [2.45, 2.75) is 30.2 Å². The van der Waals surface area contributed by atoms with Crippen LogP contribution >= 0.6 is 0 Å². The van der Waals surface area contributed by atoms with Crippen LogP contribution in [-0.2, 0) is 16.3 Å². The Morgan fingerprint density at radius 3 is 2.55 bits per heavy atom. The number of ether oxygens (including phenoxy) is 1. The van der Waals surface area contributed by atoms with Gasteiger partial charge in [-0.15, -0.1) is 10.2 Å². The van der Waals surface area contributed by atoms with E-state index >= 15 is 0 Å². The fourth-order valence-electron chi connectivity index (χ4n) is 3.38. The number of benzene rings is 2. The van der Waals surface area contributed by atoms with Gasteiger partial charge in [-0.05, 0) is 79.4 Å². The SMILES string of the molecule is COc1ccc2[nH]cc(CCNc3ccc(S(=O)(=O)c4ccc(C)c(C)c4)nn3)c2c1. The Morgan fingerprint density at radius 2 is 1.84 bits per heavy atom. The highest BCUT2D eigenvalue weighted by Gasteiger charge is 2.20. The molecule has 8 heteroatoms. The van der Waals surface area contributed by atoms with Crippen LogP contribution in [0.25, 0.3) is 10.9 Å². The van der Waals surface area contributed by atoms with E-state index in [9.17, 15) is 8.42 Å². The second-order valence-electron chi connectivity index (χ2n) is 7.41. The summed E-state index contributed by atoms with van der Waals surface area (Å²) in [6.45, 7) is 4.46. The molecule has 0 fully saturated rings. The predicted molar refractivity (Wildman–Crippen MR) is 120 cm³/mol. The van der Waals surface area contributed by atoms with Crippen molar-refractivity contribution in [3.63, 3.8) is 0 Å². The highest BCUT2D eigenvalue weighted by molar-refractivity contribution is 7.91. The van der Waals surface area contributed by atoms with Crippen molar-refractivity contribution in [3.8, 4) is 5.75 Å². The smallest absolute Gasteiger partial charge is 0.225 e. The van der Waals surface area contributed by atoms with Gasteiger partial charge in [0.2, 0.25) is 9.84 Å². The normalized spacial score (nSPS) is 11.6. The monoisotopic (exact) mass is 436 g/mol. The molecule has 0 aliphatic heterocycles. The summed E-state index contributed by atoms with van der Waals surface area (Å²) >= 11 is 0. The van der Waals surface area contributed by atoms with Gasteiger partial charge < -0.3 is 15.0 Å². The van der Waals surface area contributed by atoms with Gasteiger partial charge in [-0.3, -0.25) is 0 Å². The second-order valence-corrected chi connectivity index (χ2v) is 9.31.